The predicted molar refractivity (Wildman–Crippen MR) is 144 cm³/mol. The molecule has 0 spiro atoms. The van der Waals surface area contributed by atoms with Crippen LogP contribution >= 0.6 is 11.8 Å². The van der Waals surface area contributed by atoms with E-state index < -0.39 is 0 Å². The van der Waals surface area contributed by atoms with Gasteiger partial charge >= 0.3 is 0 Å². The molecule has 6 aromatic rings. The van der Waals surface area contributed by atoms with Gasteiger partial charge in [-0.3, -0.25) is 9.20 Å². The maximum absolute atomic E-state index is 13.7. The van der Waals surface area contributed by atoms with Crippen molar-refractivity contribution in [3.05, 3.63) is 100 Å². The number of rotatable bonds is 5. The zero-order valence-corrected chi connectivity index (χ0v) is 21.0. The van der Waals surface area contributed by atoms with Crippen LogP contribution in [0.15, 0.2) is 82.7 Å². The highest BCUT2D eigenvalue weighted by atomic mass is 32.2. The summed E-state index contributed by atoms with van der Waals surface area (Å²) in [6.45, 7) is 6.23. The largest absolute Gasteiger partial charge is 0.268 e. The van der Waals surface area contributed by atoms with E-state index in [2.05, 4.69) is 30.1 Å². The van der Waals surface area contributed by atoms with Gasteiger partial charge in [-0.15, -0.1) is 10.2 Å². The number of aromatic nitrogens is 6. The van der Waals surface area contributed by atoms with Crippen molar-refractivity contribution in [2.45, 2.75) is 37.6 Å². The van der Waals surface area contributed by atoms with Gasteiger partial charge in [-0.25, -0.2) is 14.5 Å². The summed E-state index contributed by atoms with van der Waals surface area (Å²) in [6.07, 6.45) is 0. The van der Waals surface area contributed by atoms with Crippen molar-refractivity contribution >= 4 is 39.5 Å². The maximum atomic E-state index is 13.7. The molecule has 0 aliphatic heterocycles. The second kappa shape index (κ2) is 8.87. The molecule has 178 valence electrons. The van der Waals surface area contributed by atoms with Crippen LogP contribution in [0.5, 0.6) is 0 Å². The topological polar surface area (TPSA) is 78.0 Å². The molecule has 0 atom stereocenters. The first kappa shape index (κ1) is 22.4. The minimum absolute atomic E-state index is 0.105. The zero-order chi connectivity index (χ0) is 24.8. The molecule has 0 radical (unpaired) electrons. The van der Waals surface area contributed by atoms with Gasteiger partial charge in [0.2, 0.25) is 5.78 Å². The van der Waals surface area contributed by atoms with E-state index in [1.54, 1.807) is 4.57 Å². The molecule has 6 rings (SSSR count). The van der Waals surface area contributed by atoms with E-state index in [0.29, 0.717) is 22.1 Å². The molecule has 0 fully saturated rings. The van der Waals surface area contributed by atoms with Crippen LogP contribution in [0.2, 0.25) is 0 Å². The number of fused-ring (bicyclic) bond motifs is 4. The third-order valence-electron chi connectivity index (χ3n) is 6.38. The van der Waals surface area contributed by atoms with E-state index in [1.165, 1.54) is 11.8 Å². The summed E-state index contributed by atoms with van der Waals surface area (Å²) >= 11 is 1.54. The SMILES string of the molecule is Cc1nc2ccccc2nc1CSc1nnc2n(-c3ccccc3C(C)C)c(=O)c3ccccc3n12. The third kappa shape index (κ3) is 3.65. The van der Waals surface area contributed by atoms with Gasteiger partial charge < -0.3 is 0 Å². The van der Waals surface area contributed by atoms with E-state index in [9.17, 15) is 4.79 Å². The van der Waals surface area contributed by atoms with Crippen LogP contribution in [0.1, 0.15) is 36.7 Å². The van der Waals surface area contributed by atoms with E-state index >= 15 is 0 Å². The van der Waals surface area contributed by atoms with Crippen molar-refractivity contribution in [1.29, 1.82) is 0 Å². The van der Waals surface area contributed by atoms with Gasteiger partial charge in [0, 0.05) is 5.75 Å². The Bertz CT molecular complexity index is 1820. The number of para-hydroxylation sites is 4. The summed E-state index contributed by atoms with van der Waals surface area (Å²) in [5.74, 6) is 1.32. The highest BCUT2D eigenvalue weighted by Gasteiger charge is 2.20. The number of hydrogen-bond donors (Lipinski definition) is 0. The van der Waals surface area contributed by atoms with Gasteiger partial charge in [0.15, 0.2) is 5.16 Å². The fourth-order valence-electron chi connectivity index (χ4n) is 4.56. The molecule has 0 amide bonds. The fourth-order valence-corrected chi connectivity index (χ4v) is 5.51. The van der Waals surface area contributed by atoms with Crippen LogP contribution in [-0.2, 0) is 5.75 Å². The third-order valence-corrected chi connectivity index (χ3v) is 7.32. The molecule has 0 N–H and O–H groups in total. The zero-order valence-electron chi connectivity index (χ0n) is 20.2. The summed E-state index contributed by atoms with van der Waals surface area (Å²) in [5, 5.41) is 10.4. The second-order valence-electron chi connectivity index (χ2n) is 9.02. The molecule has 0 bridgehead atoms. The lowest BCUT2D eigenvalue weighted by Gasteiger charge is -2.16. The van der Waals surface area contributed by atoms with Gasteiger partial charge in [0.1, 0.15) is 0 Å². The first-order chi connectivity index (χ1) is 17.5. The monoisotopic (exact) mass is 492 g/mol. The normalized spacial score (nSPS) is 11.8. The average Bonchev–Trinajstić information content (AvgIpc) is 3.31. The lowest BCUT2D eigenvalue weighted by atomic mass is 10.0. The molecule has 3 aromatic heterocycles. The molecule has 7 nitrogen and oxygen atoms in total. The number of benzene rings is 3. The fraction of sp³-hybridized carbons (Fsp3) is 0.179. The van der Waals surface area contributed by atoms with Crippen LogP contribution in [0, 0.1) is 6.92 Å². The van der Waals surface area contributed by atoms with E-state index in [1.807, 2.05) is 78.1 Å². The number of aryl methyl sites for hydroxylation is 1. The van der Waals surface area contributed by atoms with E-state index in [0.717, 1.165) is 39.2 Å². The number of thioether (sulfide) groups is 1. The minimum atomic E-state index is -0.105. The average molecular weight is 493 g/mol. The van der Waals surface area contributed by atoms with Crippen LogP contribution < -0.4 is 5.56 Å². The molecular weight excluding hydrogens is 468 g/mol. The van der Waals surface area contributed by atoms with Gasteiger partial charge in [-0.05, 0) is 48.7 Å². The van der Waals surface area contributed by atoms with Crippen molar-refractivity contribution < 1.29 is 0 Å². The van der Waals surface area contributed by atoms with Crippen molar-refractivity contribution in [1.82, 2.24) is 29.1 Å². The molecule has 0 unspecified atom stereocenters. The standard InChI is InChI=1S/C28H24N6OS/c1-17(2)19-10-4-8-14-24(19)33-26(35)20-11-5-9-15-25(20)34-27(33)31-32-28(34)36-16-23-18(3)29-21-12-6-7-13-22(21)30-23/h4-15,17H,16H2,1-3H3. The highest BCUT2D eigenvalue weighted by Crippen LogP contribution is 2.28. The maximum Gasteiger partial charge on any atom is 0.267 e. The smallest absolute Gasteiger partial charge is 0.267 e. The Morgan fingerprint density at radius 2 is 1.56 bits per heavy atom. The Balaban J connectivity index is 1.52. The Morgan fingerprint density at radius 3 is 2.36 bits per heavy atom. The molecule has 8 heteroatoms. The first-order valence-corrected chi connectivity index (χ1v) is 12.8. The second-order valence-corrected chi connectivity index (χ2v) is 9.96. The molecule has 3 heterocycles. The minimum Gasteiger partial charge on any atom is -0.268 e. The Kier molecular flexibility index (Phi) is 5.53. The van der Waals surface area contributed by atoms with Gasteiger partial charge in [0.05, 0.1) is 39.0 Å². The lowest BCUT2D eigenvalue weighted by molar-refractivity contribution is 0.837. The van der Waals surface area contributed by atoms with Gasteiger partial charge in [-0.2, -0.15) is 0 Å². The molecular formula is C28H24N6OS. The number of hydrogen-bond acceptors (Lipinski definition) is 6. The number of nitrogens with zero attached hydrogens (tertiary/aromatic N) is 6. The predicted octanol–water partition coefficient (Wildman–Crippen LogP) is 5.70. The van der Waals surface area contributed by atoms with Crippen LogP contribution in [0.25, 0.3) is 33.4 Å². The molecule has 0 aliphatic carbocycles. The van der Waals surface area contributed by atoms with Crippen LogP contribution in [0.3, 0.4) is 0 Å². The molecule has 0 saturated heterocycles. The molecule has 0 aliphatic rings. The quantitative estimate of drug-likeness (QED) is 0.287. The van der Waals surface area contributed by atoms with Crippen LogP contribution in [-0.4, -0.2) is 29.1 Å². The summed E-state index contributed by atoms with van der Waals surface area (Å²) < 4.78 is 3.66. The Morgan fingerprint density at radius 1 is 0.861 bits per heavy atom. The highest BCUT2D eigenvalue weighted by molar-refractivity contribution is 7.98. The van der Waals surface area contributed by atoms with E-state index in [-0.39, 0.29) is 11.5 Å². The molecule has 36 heavy (non-hydrogen) atoms. The van der Waals surface area contributed by atoms with Crippen LogP contribution in [0.4, 0.5) is 0 Å². The van der Waals surface area contributed by atoms with Crippen molar-refractivity contribution in [2.24, 2.45) is 0 Å². The Labute approximate surface area is 211 Å². The van der Waals surface area contributed by atoms with Gasteiger partial charge in [-0.1, -0.05) is 68.1 Å². The molecule has 0 saturated carbocycles. The molecule has 3 aromatic carbocycles. The van der Waals surface area contributed by atoms with E-state index in [4.69, 9.17) is 9.97 Å². The lowest BCUT2D eigenvalue weighted by Crippen LogP contribution is -2.23. The summed E-state index contributed by atoms with van der Waals surface area (Å²) in [6, 6.07) is 23.5. The van der Waals surface area contributed by atoms with Gasteiger partial charge in [0.25, 0.3) is 5.56 Å². The van der Waals surface area contributed by atoms with Crippen molar-refractivity contribution in [2.75, 3.05) is 0 Å². The Hall–Kier alpha value is -4.04. The first-order valence-electron chi connectivity index (χ1n) is 11.9. The van der Waals surface area contributed by atoms with Crippen molar-refractivity contribution in [3.63, 3.8) is 0 Å². The van der Waals surface area contributed by atoms with Crippen molar-refractivity contribution in [3.8, 4) is 5.69 Å². The summed E-state index contributed by atoms with van der Waals surface area (Å²) in [7, 11) is 0. The summed E-state index contributed by atoms with van der Waals surface area (Å²) in [5.41, 5.74) is 6.13. The summed E-state index contributed by atoms with van der Waals surface area (Å²) in [4.78, 5) is 23.3.